The van der Waals surface area contributed by atoms with E-state index in [0.29, 0.717) is 38.2 Å². The highest BCUT2D eigenvalue weighted by Gasteiger charge is 2.22. The fourth-order valence-corrected chi connectivity index (χ4v) is 3.36. The molecule has 1 unspecified atom stereocenters. The number of H-pyrrole nitrogens is 1. The third kappa shape index (κ3) is 2.32. The van der Waals surface area contributed by atoms with Crippen LogP contribution >= 0.6 is 0 Å². The molecule has 0 spiro atoms. The van der Waals surface area contributed by atoms with Crippen molar-refractivity contribution in [2.75, 3.05) is 0 Å². The van der Waals surface area contributed by atoms with Gasteiger partial charge in [0.1, 0.15) is 11.3 Å². The summed E-state index contributed by atoms with van der Waals surface area (Å²) >= 11 is 0. The molecule has 3 heterocycles. The molecule has 0 saturated carbocycles. The molecule has 5 aromatic rings. The predicted octanol–water partition coefficient (Wildman–Crippen LogP) is 3.44. The predicted molar refractivity (Wildman–Crippen MR) is 97.9 cm³/mol. The number of fused-ring (bicyclic) bond motifs is 6. The van der Waals surface area contributed by atoms with Gasteiger partial charge in [0.05, 0.1) is 5.39 Å². The third-order valence-corrected chi connectivity index (χ3v) is 4.59. The second-order valence-electron chi connectivity index (χ2n) is 6.20. The molecule has 0 radical (unpaired) electrons. The number of hydrogen-bond acceptors (Lipinski definition) is 5. The third-order valence-electron chi connectivity index (χ3n) is 4.59. The number of aromatic amines is 1. The molecule has 0 bridgehead atoms. The van der Waals surface area contributed by atoms with Crippen LogP contribution in [0.25, 0.3) is 32.6 Å². The summed E-state index contributed by atoms with van der Waals surface area (Å²) in [6.07, 6.45) is 3.51. The Morgan fingerprint density at radius 3 is 2.85 bits per heavy atom. The van der Waals surface area contributed by atoms with E-state index < -0.39 is 11.9 Å². The molecule has 2 N–H and O–H groups in total. The van der Waals surface area contributed by atoms with E-state index in [0.717, 1.165) is 0 Å². The van der Waals surface area contributed by atoms with Crippen molar-refractivity contribution in [2.45, 2.75) is 6.10 Å². The molecule has 7 heteroatoms. The largest absolute Gasteiger partial charge is 0.437 e. The minimum Gasteiger partial charge on any atom is -0.437 e. The van der Waals surface area contributed by atoms with Crippen LogP contribution < -0.4 is 5.56 Å². The van der Waals surface area contributed by atoms with Crippen molar-refractivity contribution in [1.82, 2.24) is 15.0 Å². The second kappa shape index (κ2) is 5.72. The average Bonchev–Trinajstić information content (AvgIpc) is 3.13. The van der Waals surface area contributed by atoms with Crippen molar-refractivity contribution in [2.24, 2.45) is 0 Å². The van der Waals surface area contributed by atoms with E-state index in [-0.39, 0.29) is 11.4 Å². The van der Waals surface area contributed by atoms with E-state index in [1.165, 1.54) is 24.5 Å². The Morgan fingerprint density at radius 1 is 1.15 bits per heavy atom. The van der Waals surface area contributed by atoms with E-state index in [1.54, 1.807) is 30.5 Å². The lowest BCUT2D eigenvalue weighted by atomic mass is 10.0. The van der Waals surface area contributed by atoms with Crippen LogP contribution in [0.15, 0.2) is 64.2 Å². The van der Waals surface area contributed by atoms with Crippen LogP contribution in [-0.4, -0.2) is 20.1 Å². The summed E-state index contributed by atoms with van der Waals surface area (Å²) in [7, 11) is 0. The lowest BCUT2D eigenvalue weighted by Crippen LogP contribution is -2.05. The topological polar surface area (TPSA) is 92.0 Å². The molecule has 2 aromatic carbocycles. The number of oxazole rings is 1. The minimum absolute atomic E-state index is 0.0800. The van der Waals surface area contributed by atoms with Crippen LogP contribution in [0.4, 0.5) is 4.39 Å². The first-order valence-electron chi connectivity index (χ1n) is 8.24. The van der Waals surface area contributed by atoms with Gasteiger partial charge in [-0.15, -0.1) is 0 Å². The summed E-state index contributed by atoms with van der Waals surface area (Å²) in [5.41, 5.74) is 1.01. The molecule has 0 aliphatic heterocycles. The van der Waals surface area contributed by atoms with E-state index in [9.17, 15) is 14.3 Å². The number of benzene rings is 2. The molecule has 0 fully saturated rings. The lowest BCUT2D eigenvalue weighted by molar-refractivity contribution is 0.185. The minimum atomic E-state index is -1.11. The summed E-state index contributed by atoms with van der Waals surface area (Å²) in [6, 6.07) is 9.25. The molecule has 0 amide bonds. The molecule has 27 heavy (non-hydrogen) atoms. The molecular formula is C20H12FN3O3. The Balaban J connectivity index is 1.90. The number of nitrogens with zero attached hydrogens (tertiary/aromatic N) is 2. The highest BCUT2D eigenvalue weighted by Crippen LogP contribution is 2.35. The maximum absolute atomic E-state index is 13.8. The van der Waals surface area contributed by atoms with Gasteiger partial charge >= 0.3 is 0 Å². The van der Waals surface area contributed by atoms with E-state index >= 15 is 0 Å². The molecule has 0 aliphatic rings. The Morgan fingerprint density at radius 2 is 2.04 bits per heavy atom. The maximum Gasteiger partial charge on any atom is 0.256 e. The number of hydrogen-bond donors (Lipinski definition) is 2. The van der Waals surface area contributed by atoms with Gasteiger partial charge in [-0.1, -0.05) is 6.07 Å². The van der Waals surface area contributed by atoms with Gasteiger partial charge in [0.15, 0.2) is 11.7 Å². The van der Waals surface area contributed by atoms with E-state index in [1.807, 2.05) is 0 Å². The van der Waals surface area contributed by atoms with Crippen molar-refractivity contribution in [3.8, 4) is 0 Å². The van der Waals surface area contributed by atoms with Gasteiger partial charge in [-0.2, -0.15) is 0 Å². The maximum atomic E-state index is 13.8. The summed E-state index contributed by atoms with van der Waals surface area (Å²) in [6.45, 7) is 0. The van der Waals surface area contributed by atoms with Crippen molar-refractivity contribution in [3.05, 3.63) is 82.6 Å². The normalized spacial score (nSPS) is 12.8. The fraction of sp³-hybridized carbons (Fsp3) is 0.0500. The summed E-state index contributed by atoms with van der Waals surface area (Å²) in [4.78, 5) is 23.5. The zero-order valence-corrected chi connectivity index (χ0v) is 13.8. The van der Waals surface area contributed by atoms with Crippen LogP contribution in [0, 0.1) is 5.82 Å². The number of aromatic nitrogens is 3. The zero-order chi connectivity index (χ0) is 18.5. The van der Waals surface area contributed by atoms with Gasteiger partial charge in [0.2, 0.25) is 5.89 Å². The average molecular weight is 361 g/mol. The summed E-state index contributed by atoms with van der Waals surface area (Å²) in [5.74, 6) is -0.373. The molecule has 0 saturated heterocycles. The van der Waals surface area contributed by atoms with Crippen molar-refractivity contribution in [3.63, 3.8) is 0 Å². The van der Waals surface area contributed by atoms with Gasteiger partial charge in [-0.05, 0) is 30.3 Å². The van der Waals surface area contributed by atoms with Gasteiger partial charge in [0.25, 0.3) is 5.56 Å². The Labute approximate surface area is 150 Å². The van der Waals surface area contributed by atoms with Crippen molar-refractivity contribution < 1.29 is 13.9 Å². The smallest absolute Gasteiger partial charge is 0.256 e. The van der Waals surface area contributed by atoms with Crippen LogP contribution in [-0.2, 0) is 0 Å². The van der Waals surface area contributed by atoms with Gasteiger partial charge in [-0.3, -0.25) is 9.78 Å². The van der Waals surface area contributed by atoms with Gasteiger partial charge < -0.3 is 14.5 Å². The van der Waals surface area contributed by atoms with Gasteiger partial charge in [0, 0.05) is 40.3 Å². The molecule has 3 aromatic heterocycles. The molecular weight excluding hydrogens is 349 g/mol. The quantitative estimate of drug-likeness (QED) is 0.470. The van der Waals surface area contributed by atoms with Crippen LogP contribution in [0.3, 0.4) is 0 Å². The Kier molecular flexibility index (Phi) is 3.32. The van der Waals surface area contributed by atoms with Crippen LogP contribution in [0.2, 0.25) is 0 Å². The van der Waals surface area contributed by atoms with Crippen molar-refractivity contribution in [1.29, 1.82) is 0 Å². The van der Waals surface area contributed by atoms with Crippen LogP contribution in [0.5, 0.6) is 0 Å². The molecule has 0 aliphatic carbocycles. The molecule has 6 nitrogen and oxygen atoms in total. The zero-order valence-electron chi connectivity index (χ0n) is 13.8. The lowest BCUT2D eigenvalue weighted by Gasteiger charge is -2.05. The standard InChI is InChI=1S/C20H12FN3O3/c21-11-3-4-12-14(8-11)15-13(5-7-23-19(15)26)18-16(12)24-20(27-18)17(25)10-2-1-6-22-9-10/h1-9,17,25H,(H,23,26). The molecule has 5 rings (SSSR count). The fourth-order valence-electron chi connectivity index (χ4n) is 3.36. The number of rotatable bonds is 2. The number of aliphatic hydroxyl groups excluding tert-OH is 1. The van der Waals surface area contributed by atoms with Gasteiger partial charge in [-0.25, -0.2) is 9.37 Å². The SMILES string of the molecule is O=c1[nH]ccc2c3oc(C(O)c4cccnc4)nc3c3ccc(F)cc3c12. The highest BCUT2D eigenvalue weighted by atomic mass is 19.1. The Bertz CT molecular complexity index is 1380. The summed E-state index contributed by atoms with van der Waals surface area (Å²) in [5, 5.41) is 12.4. The first-order chi connectivity index (χ1) is 13.1. The second-order valence-corrected chi connectivity index (χ2v) is 6.20. The summed E-state index contributed by atoms with van der Waals surface area (Å²) < 4.78 is 19.7. The number of aliphatic hydroxyl groups is 1. The number of halogens is 1. The molecule has 1 atom stereocenters. The Hall–Kier alpha value is -3.58. The first-order valence-corrected chi connectivity index (χ1v) is 8.24. The monoisotopic (exact) mass is 361 g/mol. The van der Waals surface area contributed by atoms with Crippen LogP contribution in [0.1, 0.15) is 17.6 Å². The first kappa shape index (κ1) is 15.7. The van der Waals surface area contributed by atoms with Crippen molar-refractivity contribution >= 4 is 32.6 Å². The highest BCUT2D eigenvalue weighted by molar-refractivity contribution is 6.22. The number of nitrogens with one attached hydrogen (secondary N) is 1. The van der Waals surface area contributed by atoms with E-state index in [2.05, 4.69) is 15.0 Å². The van der Waals surface area contributed by atoms with E-state index in [4.69, 9.17) is 4.42 Å². The number of pyridine rings is 2. The molecule has 132 valence electrons.